The molecule has 4 aromatic carbocycles. The molecule has 4 rings (SSSR count). The summed E-state index contributed by atoms with van der Waals surface area (Å²) in [4.78, 5) is 11.9. The molecule has 0 saturated carbocycles. The molecular formula is C28H29NO4. The molecule has 2 N–H and O–H groups in total. The number of aromatic hydroxyl groups is 1. The second-order valence-corrected chi connectivity index (χ2v) is 9.08. The number of hydrogen-bond donors (Lipinski definition) is 2. The Morgan fingerprint density at radius 3 is 2.09 bits per heavy atom. The first-order chi connectivity index (χ1) is 15.8. The molecule has 0 fully saturated rings. The number of phenols is 1. The van der Waals surface area contributed by atoms with Crippen molar-refractivity contribution in [2.45, 2.75) is 32.7 Å². The number of fused-ring (bicyclic) bond motifs is 2. The lowest BCUT2D eigenvalue weighted by Crippen LogP contribution is -2.41. The number of hydrogen-bond acceptors (Lipinski definition) is 4. The van der Waals surface area contributed by atoms with Crippen molar-refractivity contribution in [3.8, 4) is 11.5 Å². The van der Waals surface area contributed by atoms with Gasteiger partial charge in [-0.3, -0.25) is 0 Å². The van der Waals surface area contributed by atoms with E-state index in [1.165, 1.54) is 0 Å². The SMILES string of the molecule is CC(C)(C)NC(=O)OCCOc1ccc2ccccc2c1Cc1c(O)ccc2ccccc12. The Labute approximate surface area is 194 Å². The van der Waals surface area contributed by atoms with Crippen LogP contribution < -0.4 is 10.1 Å². The minimum atomic E-state index is -0.467. The third-order valence-electron chi connectivity index (χ3n) is 5.42. The van der Waals surface area contributed by atoms with E-state index in [-0.39, 0.29) is 24.5 Å². The fourth-order valence-corrected chi connectivity index (χ4v) is 3.95. The van der Waals surface area contributed by atoms with Gasteiger partial charge in [0.05, 0.1) is 0 Å². The number of alkyl carbamates (subject to hydrolysis) is 1. The molecule has 0 saturated heterocycles. The van der Waals surface area contributed by atoms with Crippen molar-refractivity contribution >= 4 is 27.6 Å². The van der Waals surface area contributed by atoms with Crippen molar-refractivity contribution in [1.29, 1.82) is 0 Å². The fourth-order valence-electron chi connectivity index (χ4n) is 3.95. The highest BCUT2D eigenvalue weighted by atomic mass is 16.6. The highest BCUT2D eigenvalue weighted by molar-refractivity contribution is 5.91. The van der Waals surface area contributed by atoms with Crippen LogP contribution in [-0.4, -0.2) is 30.0 Å². The highest BCUT2D eigenvalue weighted by Gasteiger charge is 2.16. The maximum absolute atomic E-state index is 11.9. The first kappa shape index (κ1) is 22.5. The summed E-state index contributed by atoms with van der Waals surface area (Å²) in [7, 11) is 0. The van der Waals surface area contributed by atoms with Gasteiger partial charge in [0.1, 0.15) is 24.7 Å². The number of nitrogens with one attached hydrogen (secondary N) is 1. The van der Waals surface area contributed by atoms with Gasteiger partial charge in [0.25, 0.3) is 0 Å². The number of ether oxygens (including phenoxy) is 2. The van der Waals surface area contributed by atoms with Gasteiger partial charge in [0.2, 0.25) is 0 Å². The van der Waals surface area contributed by atoms with Crippen LogP contribution in [0.4, 0.5) is 4.79 Å². The molecule has 5 heteroatoms. The molecule has 170 valence electrons. The average Bonchev–Trinajstić information content (AvgIpc) is 2.78. The summed E-state index contributed by atoms with van der Waals surface area (Å²) in [5.74, 6) is 0.968. The second kappa shape index (κ2) is 9.41. The normalized spacial score (nSPS) is 11.5. The molecule has 0 atom stereocenters. The summed E-state index contributed by atoms with van der Waals surface area (Å²) in [5.41, 5.74) is 1.48. The van der Waals surface area contributed by atoms with Crippen molar-refractivity contribution < 1.29 is 19.4 Å². The Balaban J connectivity index is 1.61. The minimum absolute atomic E-state index is 0.133. The zero-order chi connectivity index (χ0) is 23.4. The lowest BCUT2D eigenvalue weighted by molar-refractivity contribution is 0.118. The molecule has 0 radical (unpaired) electrons. The van der Waals surface area contributed by atoms with E-state index in [4.69, 9.17) is 9.47 Å². The fraction of sp³-hybridized carbons (Fsp3) is 0.250. The molecule has 0 aromatic heterocycles. The molecule has 0 aliphatic carbocycles. The van der Waals surface area contributed by atoms with Gasteiger partial charge in [0.15, 0.2) is 0 Å². The van der Waals surface area contributed by atoms with Crippen LogP contribution >= 0.6 is 0 Å². The third kappa shape index (κ3) is 5.37. The zero-order valence-electron chi connectivity index (χ0n) is 19.2. The standard InChI is InChI=1S/C28H29NO4/c1-28(2,3)29-27(31)33-17-16-32-26-15-13-20-9-5-7-11-22(20)24(26)18-23-21-10-6-4-8-19(21)12-14-25(23)30/h4-15,30H,16-18H2,1-3H3,(H,29,31). The smallest absolute Gasteiger partial charge is 0.407 e. The van der Waals surface area contributed by atoms with E-state index in [2.05, 4.69) is 17.4 Å². The third-order valence-corrected chi connectivity index (χ3v) is 5.42. The van der Waals surface area contributed by atoms with E-state index in [9.17, 15) is 9.90 Å². The van der Waals surface area contributed by atoms with Crippen LogP contribution in [0.25, 0.3) is 21.5 Å². The lowest BCUT2D eigenvalue weighted by Gasteiger charge is -2.20. The number of rotatable bonds is 6. The largest absolute Gasteiger partial charge is 0.508 e. The van der Waals surface area contributed by atoms with Crippen LogP contribution in [0.15, 0.2) is 72.8 Å². The van der Waals surface area contributed by atoms with Crippen LogP contribution in [0.3, 0.4) is 0 Å². The monoisotopic (exact) mass is 443 g/mol. The van der Waals surface area contributed by atoms with E-state index >= 15 is 0 Å². The number of carbonyl (C=O) groups excluding carboxylic acids is 1. The van der Waals surface area contributed by atoms with Gasteiger partial charge in [0, 0.05) is 23.1 Å². The van der Waals surface area contributed by atoms with Gasteiger partial charge in [-0.1, -0.05) is 60.7 Å². The van der Waals surface area contributed by atoms with Crippen molar-refractivity contribution in [2.75, 3.05) is 13.2 Å². The van der Waals surface area contributed by atoms with Gasteiger partial charge < -0.3 is 19.9 Å². The summed E-state index contributed by atoms with van der Waals surface area (Å²) in [6.45, 7) is 6.05. The molecule has 0 aliphatic rings. The Morgan fingerprint density at radius 1 is 0.818 bits per heavy atom. The number of benzene rings is 4. The molecule has 0 heterocycles. The predicted octanol–water partition coefficient (Wildman–Crippen LogP) is 6.19. The summed E-state index contributed by atoms with van der Waals surface area (Å²) < 4.78 is 11.3. The number of phenolic OH excluding ortho intramolecular Hbond substituents is 1. The Bertz CT molecular complexity index is 1290. The van der Waals surface area contributed by atoms with E-state index < -0.39 is 6.09 Å². The van der Waals surface area contributed by atoms with Crippen molar-refractivity contribution in [3.05, 3.63) is 83.9 Å². The molecule has 5 nitrogen and oxygen atoms in total. The van der Waals surface area contributed by atoms with E-state index in [1.807, 2.05) is 75.4 Å². The Hall–Kier alpha value is -3.73. The van der Waals surface area contributed by atoms with E-state index in [0.717, 1.165) is 32.7 Å². The maximum Gasteiger partial charge on any atom is 0.407 e. The molecule has 4 aromatic rings. The van der Waals surface area contributed by atoms with Gasteiger partial charge in [-0.25, -0.2) is 4.79 Å². The molecule has 0 spiro atoms. The van der Waals surface area contributed by atoms with Crippen LogP contribution in [-0.2, 0) is 11.2 Å². The van der Waals surface area contributed by atoms with E-state index in [1.54, 1.807) is 6.07 Å². The summed E-state index contributed by atoms with van der Waals surface area (Å²) in [5, 5.41) is 17.7. The minimum Gasteiger partial charge on any atom is -0.508 e. The van der Waals surface area contributed by atoms with Crippen LogP contribution in [0.2, 0.25) is 0 Å². The Kier molecular flexibility index (Phi) is 6.40. The van der Waals surface area contributed by atoms with Crippen LogP contribution in [0.5, 0.6) is 11.5 Å². The predicted molar refractivity (Wildman–Crippen MR) is 132 cm³/mol. The average molecular weight is 444 g/mol. The second-order valence-electron chi connectivity index (χ2n) is 9.08. The Morgan fingerprint density at radius 2 is 1.42 bits per heavy atom. The number of amides is 1. The van der Waals surface area contributed by atoms with E-state index in [0.29, 0.717) is 12.2 Å². The first-order valence-electron chi connectivity index (χ1n) is 11.1. The summed E-state index contributed by atoms with van der Waals surface area (Å²) >= 11 is 0. The lowest BCUT2D eigenvalue weighted by atomic mass is 9.93. The molecular weight excluding hydrogens is 414 g/mol. The highest BCUT2D eigenvalue weighted by Crippen LogP contribution is 2.35. The van der Waals surface area contributed by atoms with Crippen LogP contribution in [0.1, 0.15) is 31.9 Å². The van der Waals surface area contributed by atoms with Crippen molar-refractivity contribution in [3.63, 3.8) is 0 Å². The first-order valence-corrected chi connectivity index (χ1v) is 11.1. The van der Waals surface area contributed by atoms with Crippen molar-refractivity contribution in [2.24, 2.45) is 0 Å². The molecule has 0 bridgehead atoms. The molecule has 0 unspecified atom stereocenters. The van der Waals surface area contributed by atoms with Gasteiger partial charge in [-0.15, -0.1) is 0 Å². The van der Waals surface area contributed by atoms with Crippen molar-refractivity contribution in [1.82, 2.24) is 5.32 Å². The maximum atomic E-state index is 11.9. The van der Waals surface area contributed by atoms with Gasteiger partial charge in [-0.05, 0) is 54.4 Å². The number of carbonyl (C=O) groups is 1. The molecule has 0 aliphatic heterocycles. The quantitative estimate of drug-likeness (QED) is 0.349. The zero-order valence-corrected chi connectivity index (χ0v) is 19.2. The summed E-state index contributed by atoms with van der Waals surface area (Å²) in [6, 6.07) is 23.8. The van der Waals surface area contributed by atoms with Gasteiger partial charge in [-0.2, -0.15) is 0 Å². The topological polar surface area (TPSA) is 67.8 Å². The molecule has 1 amide bonds. The molecule has 33 heavy (non-hydrogen) atoms. The summed E-state index contributed by atoms with van der Waals surface area (Å²) in [6.07, 6.45) is 0.0420. The van der Waals surface area contributed by atoms with Gasteiger partial charge >= 0.3 is 6.09 Å². The van der Waals surface area contributed by atoms with Crippen LogP contribution in [0, 0.1) is 0 Å².